The summed E-state index contributed by atoms with van der Waals surface area (Å²) in [4.78, 5) is 30.1. The molecule has 1 aliphatic rings. The highest BCUT2D eigenvalue weighted by Gasteiger charge is 2.27. The Kier molecular flexibility index (Phi) is 9.33. The molecule has 1 aliphatic heterocycles. The monoisotopic (exact) mass is 558 g/mol. The van der Waals surface area contributed by atoms with Crippen molar-refractivity contribution in [2.75, 3.05) is 37.6 Å². The van der Waals surface area contributed by atoms with E-state index in [1.165, 1.54) is 5.69 Å². The summed E-state index contributed by atoms with van der Waals surface area (Å²) < 4.78 is 0. The van der Waals surface area contributed by atoms with Gasteiger partial charge in [-0.1, -0.05) is 65.1 Å². The normalized spacial score (nSPS) is 14.1. The van der Waals surface area contributed by atoms with Gasteiger partial charge in [-0.2, -0.15) is 0 Å². The van der Waals surface area contributed by atoms with E-state index in [-0.39, 0.29) is 30.9 Å². The standard InChI is InChI=1S/C28H29Cl3N4O2/c1-2-34(28(37)20-10-13-24(30)25(31)14-20)18-26(19-8-11-21(29)12-9-19)33-27(36)15-32-22-16-35(17-22)23-6-4-3-5-7-23/h3-14,22,26,32H,2,15-18H2,1H3,(H,33,36). The molecular weight excluding hydrogens is 531 g/mol. The predicted molar refractivity (Wildman–Crippen MR) is 151 cm³/mol. The van der Waals surface area contributed by atoms with Crippen molar-refractivity contribution in [3.05, 3.63) is 99.0 Å². The van der Waals surface area contributed by atoms with E-state index in [1.54, 1.807) is 35.2 Å². The topological polar surface area (TPSA) is 64.7 Å². The fourth-order valence-corrected chi connectivity index (χ4v) is 4.68. The number of hydrogen-bond acceptors (Lipinski definition) is 4. The maximum Gasteiger partial charge on any atom is 0.253 e. The molecule has 3 aromatic rings. The van der Waals surface area contributed by atoms with Gasteiger partial charge in [0.1, 0.15) is 0 Å². The maximum atomic E-state index is 13.2. The molecule has 0 aliphatic carbocycles. The molecule has 6 nitrogen and oxygen atoms in total. The lowest BCUT2D eigenvalue weighted by molar-refractivity contribution is -0.121. The van der Waals surface area contributed by atoms with Gasteiger partial charge in [0.25, 0.3) is 5.91 Å². The van der Waals surface area contributed by atoms with Crippen LogP contribution in [0.5, 0.6) is 0 Å². The van der Waals surface area contributed by atoms with Crippen molar-refractivity contribution < 1.29 is 9.59 Å². The number of anilines is 1. The summed E-state index contributed by atoms with van der Waals surface area (Å²) in [6.45, 7) is 4.51. The van der Waals surface area contributed by atoms with Crippen molar-refractivity contribution in [3.8, 4) is 0 Å². The number of likely N-dealkylation sites (N-methyl/N-ethyl adjacent to an activating group) is 1. The lowest BCUT2D eigenvalue weighted by Gasteiger charge is -2.41. The highest BCUT2D eigenvalue weighted by molar-refractivity contribution is 6.42. The van der Waals surface area contributed by atoms with Crippen LogP contribution < -0.4 is 15.5 Å². The molecule has 2 amide bonds. The third kappa shape index (κ3) is 7.17. The van der Waals surface area contributed by atoms with Gasteiger partial charge >= 0.3 is 0 Å². The van der Waals surface area contributed by atoms with Gasteiger partial charge in [0, 0.05) is 48.5 Å². The zero-order chi connectivity index (χ0) is 26.4. The molecule has 0 bridgehead atoms. The molecule has 0 spiro atoms. The Bertz CT molecular complexity index is 1220. The van der Waals surface area contributed by atoms with Crippen molar-refractivity contribution in [1.82, 2.24) is 15.5 Å². The van der Waals surface area contributed by atoms with Gasteiger partial charge in [0.05, 0.1) is 22.6 Å². The minimum absolute atomic E-state index is 0.142. The number of para-hydroxylation sites is 1. The number of hydrogen-bond donors (Lipinski definition) is 2. The van der Waals surface area contributed by atoms with Crippen LogP contribution in [0, 0.1) is 0 Å². The van der Waals surface area contributed by atoms with E-state index >= 15 is 0 Å². The molecule has 1 fully saturated rings. The van der Waals surface area contributed by atoms with Crippen LogP contribution in [0.3, 0.4) is 0 Å². The summed E-state index contributed by atoms with van der Waals surface area (Å²) in [7, 11) is 0. The van der Waals surface area contributed by atoms with Gasteiger partial charge in [-0.15, -0.1) is 0 Å². The van der Waals surface area contributed by atoms with Crippen molar-refractivity contribution in [2.45, 2.75) is 19.0 Å². The van der Waals surface area contributed by atoms with E-state index in [1.807, 2.05) is 37.3 Å². The van der Waals surface area contributed by atoms with Gasteiger partial charge in [0.15, 0.2) is 0 Å². The van der Waals surface area contributed by atoms with Crippen LogP contribution >= 0.6 is 34.8 Å². The van der Waals surface area contributed by atoms with Crippen molar-refractivity contribution in [2.24, 2.45) is 0 Å². The number of amides is 2. The average Bonchev–Trinajstić information content (AvgIpc) is 2.88. The van der Waals surface area contributed by atoms with Crippen LogP contribution in [0.4, 0.5) is 5.69 Å². The van der Waals surface area contributed by atoms with Crippen LogP contribution in [-0.2, 0) is 4.79 Å². The minimum Gasteiger partial charge on any atom is -0.368 e. The number of carbonyl (C=O) groups is 2. The van der Waals surface area contributed by atoms with Gasteiger partial charge < -0.3 is 20.4 Å². The van der Waals surface area contributed by atoms with Crippen LogP contribution in [0.15, 0.2) is 72.8 Å². The molecule has 1 atom stereocenters. The van der Waals surface area contributed by atoms with Gasteiger partial charge in [-0.3, -0.25) is 9.59 Å². The number of rotatable bonds is 10. The SMILES string of the molecule is CCN(CC(NC(=O)CNC1CN(c2ccccc2)C1)c1ccc(Cl)cc1)C(=O)c1ccc(Cl)c(Cl)c1. The molecule has 4 rings (SSSR count). The van der Waals surface area contributed by atoms with E-state index in [0.717, 1.165) is 18.7 Å². The number of nitrogens with zero attached hydrogens (tertiary/aromatic N) is 2. The maximum absolute atomic E-state index is 13.2. The first kappa shape index (κ1) is 27.3. The lowest BCUT2D eigenvalue weighted by atomic mass is 10.1. The van der Waals surface area contributed by atoms with E-state index in [9.17, 15) is 9.59 Å². The highest BCUT2D eigenvalue weighted by Crippen LogP contribution is 2.25. The van der Waals surface area contributed by atoms with Crippen molar-refractivity contribution >= 4 is 52.3 Å². The zero-order valence-corrected chi connectivity index (χ0v) is 22.7. The Morgan fingerprint density at radius 3 is 2.32 bits per heavy atom. The molecule has 3 aromatic carbocycles. The Labute approximate surface area is 232 Å². The van der Waals surface area contributed by atoms with Crippen molar-refractivity contribution in [1.29, 1.82) is 0 Å². The summed E-state index contributed by atoms with van der Waals surface area (Å²) in [6, 6.07) is 22.1. The van der Waals surface area contributed by atoms with E-state index < -0.39 is 6.04 Å². The molecule has 37 heavy (non-hydrogen) atoms. The molecule has 9 heteroatoms. The number of carbonyl (C=O) groups excluding carboxylic acids is 2. The first-order chi connectivity index (χ1) is 17.8. The van der Waals surface area contributed by atoms with E-state index in [0.29, 0.717) is 27.2 Å². The second-order valence-electron chi connectivity index (χ2n) is 8.96. The zero-order valence-electron chi connectivity index (χ0n) is 20.5. The van der Waals surface area contributed by atoms with Crippen molar-refractivity contribution in [3.63, 3.8) is 0 Å². The molecule has 1 saturated heterocycles. The highest BCUT2D eigenvalue weighted by atomic mass is 35.5. The second kappa shape index (κ2) is 12.7. The predicted octanol–water partition coefficient (Wildman–Crippen LogP) is 5.44. The third-order valence-electron chi connectivity index (χ3n) is 6.40. The number of halogens is 3. The van der Waals surface area contributed by atoms with Crippen LogP contribution in [-0.4, -0.2) is 55.5 Å². The van der Waals surface area contributed by atoms with Crippen LogP contribution in [0.1, 0.15) is 28.9 Å². The Hall–Kier alpha value is -2.77. The Morgan fingerprint density at radius 2 is 1.68 bits per heavy atom. The van der Waals surface area contributed by atoms with Crippen LogP contribution in [0.25, 0.3) is 0 Å². The molecule has 1 heterocycles. The molecule has 0 saturated carbocycles. The number of nitrogens with one attached hydrogen (secondary N) is 2. The van der Waals surface area contributed by atoms with Gasteiger partial charge in [-0.05, 0) is 55.0 Å². The summed E-state index contributed by atoms with van der Waals surface area (Å²) in [5, 5.41) is 7.73. The average molecular weight is 560 g/mol. The summed E-state index contributed by atoms with van der Waals surface area (Å²) >= 11 is 18.2. The molecular formula is C28H29Cl3N4O2. The van der Waals surface area contributed by atoms with E-state index in [4.69, 9.17) is 34.8 Å². The van der Waals surface area contributed by atoms with Crippen LogP contribution in [0.2, 0.25) is 15.1 Å². The summed E-state index contributed by atoms with van der Waals surface area (Å²) in [5.41, 5.74) is 2.48. The quantitative estimate of drug-likeness (QED) is 0.347. The first-order valence-electron chi connectivity index (χ1n) is 12.2. The lowest BCUT2D eigenvalue weighted by Crippen LogP contribution is -2.59. The number of benzene rings is 3. The fraction of sp³-hybridized carbons (Fsp3) is 0.286. The molecule has 0 radical (unpaired) electrons. The molecule has 2 N–H and O–H groups in total. The smallest absolute Gasteiger partial charge is 0.253 e. The molecule has 0 aromatic heterocycles. The Morgan fingerprint density at radius 1 is 0.973 bits per heavy atom. The summed E-state index contributed by atoms with van der Waals surface area (Å²) in [6.07, 6.45) is 0. The van der Waals surface area contributed by atoms with E-state index in [2.05, 4.69) is 27.7 Å². The van der Waals surface area contributed by atoms with Gasteiger partial charge in [0.2, 0.25) is 5.91 Å². The van der Waals surface area contributed by atoms with Gasteiger partial charge in [-0.25, -0.2) is 0 Å². The first-order valence-corrected chi connectivity index (χ1v) is 13.3. The second-order valence-corrected chi connectivity index (χ2v) is 10.2. The molecule has 194 valence electrons. The minimum atomic E-state index is -0.416. The molecule has 1 unspecified atom stereocenters. The summed E-state index contributed by atoms with van der Waals surface area (Å²) in [5.74, 6) is -0.334. The largest absolute Gasteiger partial charge is 0.368 e. The Balaban J connectivity index is 1.38. The fourth-order valence-electron chi connectivity index (χ4n) is 4.26. The third-order valence-corrected chi connectivity index (χ3v) is 7.39.